The Bertz CT molecular complexity index is 274. The van der Waals surface area contributed by atoms with Crippen LogP contribution in [0.2, 0.25) is 0 Å². The molecule has 4 heteroatoms. The molecule has 1 aliphatic rings. The van der Waals surface area contributed by atoms with Gasteiger partial charge in [0.15, 0.2) is 5.75 Å². The Morgan fingerprint density at radius 3 is 3.00 bits per heavy atom. The van der Waals surface area contributed by atoms with E-state index in [1.54, 1.807) is 18.5 Å². The molecule has 0 amide bonds. The van der Waals surface area contributed by atoms with Crippen molar-refractivity contribution in [2.75, 3.05) is 18.9 Å². The van der Waals surface area contributed by atoms with Crippen molar-refractivity contribution >= 4 is 5.69 Å². The Hall–Kier alpha value is -1.29. The van der Waals surface area contributed by atoms with Crippen molar-refractivity contribution in [3.8, 4) is 5.75 Å². The molecule has 0 unspecified atom stereocenters. The first kappa shape index (κ1) is 7.36. The van der Waals surface area contributed by atoms with E-state index in [1.165, 1.54) is 0 Å². The molecule has 2 N–H and O–H groups in total. The summed E-state index contributed by atoms with van der Waals surface area (Å²) in [6, 6.07) is 1.72. The maximum absolute atomic E-state index is 5.64. The highest BCUT2D eigenvalue weighted by molar-refractivity contribution is 5.49. The Kier molecular flexibility index (Phi) is 1.83. The molecule has 0 aliphatic carbocycles. The van der Waals surface area contributed by atoms with Gasteiger partial charge in [-0.25, -0.2) is 0 Å². The number of hydrogen-bond donors (Lipinski definition) is 1. The lowest BCUT2D eigenvalue weighted by molar-refractivity contribution is -0.0795. The summed E-state index contributed by atoms with van der Waals surface area (Å²) in [5, 5.41) is 0. The van der Waals surface area contributed by atoms with E-state index >= 15 is 0 Å². The fourth-order valence-corrected chi connectivity index (χ4v) is 0.951. The molecule has 4 nitrogen and oxygen atoms in total. The summed E-state index contributed by atoms with van der Waals surface area (Å²) in [7, 11) is 0. The van der Waals surface area contributed by atoms with Crippen molar-refractivity contribution in [3.05, 3.63) is 18.5 Å². The number of pyridine rings is 1. The van der Waals surface area contributed by atoms with E-state index in [9.17, 15) is 0 Å². The standard InChI is InChI=1S/C8H10N2O2/c9-7-1-2-10-3-8(7)12-6-4-11-5-6/h1-3,6H,4-5H2,(H2,9,10). The second-order valence-corrected chi connectivity index (χ2v) is 2.69. The summed E-state index contributed by atoms with van der Waals surface area (Å²) in [5.41, 5.74) is 6.26. The van der Waals surface area contributed by atoms with E-state index in [1.807, 2.05) is 0 Å². The highest BCUT2D eigenvalue weighted by atomic mass is 16.6. The Morgan fingerprint density at radius 1 is 1.58 bits per heavy atom. The molecular weight excluding hydrogens is 156 g/mol. The fourth-order valence-electron chi connectivity index (χ4n) is 0.951. The Morgan fingerprint density at radius 2 is 2.42 bits per heavy atom. The Labute approximate surface area is 70.3 Å². The van der Waals surface area contributed by atoms with Crippen molar-refractivity contribution in [1.29, 1.82) is 0 Å². The van der Waals surface area contributed by atoms with Gasteiger partial charge in [-0.3, -0.25) is 4.98 Å². The van der Waals surface area contributed by atoms with Crippen LogP contribution >= 0.6 is 0 Å². The van der Waals surface area contributed by atoms with Crippen LogP contribution in [-0.4, -0.2) is 24.3 Å². The number of nitrogens with zero attached hydrogens (tertiary/aromatic N) is 1. The molecule has 0 saturated carbocycles. The number of nitrogens with two attached hydrogens (primary N) is 1. The summed E-state index contributed by atoms with van der Waals surface area (Å²) in [4.78, 5) is 3.91. The van der Waals surface area contributed by atoms with Crippen LogP contribution in [0, 0.1) is 0 Å². The minimum Gasteiger partial charge on any atom is -0.482 e. The van der Waals surface area contributed by atoms with Gasteiger partial charge < -0.3 is 15.2 Å². The second kappa shape index (κ2) is 2.98. The molecule has 1 fully saturated rings. The highest BCUT2D eigenvalue weighted by Crippen LogP contribution is 2.21. The lowest BCUT2D eigenvalue weighted by Gasteiger charge is -2.26. The van der Waals surface area contributed by atoms with Crippen LogP contribution in [0.1, 0.15) is 0 Å². The van der Waals surface area contributed by atoms with Gasteiger partial charge in [0, 0.05) is 6.20 Å². The third-order valence-electron chi connectivity index (χ3n) is 1.72. The molecular formula is C8H10N2O2. The van der Waals surface area contributed by atoms with Crippen LogP contribution < -0.4 is 10.5 Å². The van der Waals surface area contributed by atoms with E-state index < -0.39 is 0 Å². The van der Waals surface area contributed by atoms with Crippen LogP contribution in [0.15, 0.2) is 18.5 Å². The lowest BCUT2D eigenvalue weighted by Crippen LogP contribution is -2.38. The van der Waals surface area contributed by atoms with E-state index in [-0.39, 0.29) is 6.10 Å². The van der Waals surface area contributed by atoms with E-state index in [0.717, 1.165) is 0 Å². The molecule has 64 valence electrons. The molecule has 12 heavy (non-hydrogen) atoms. The first-order valence-electron chi connectivity index (χ1n) is 3.80. The summed E-state index contributed by atoms with van der Waals surface area (Å²) < 4.78 is 10.4. The smallest absolute Gasteiger partial charge is 0.161 e. The third-order valence-corrected chi connectivity index (χ3v) is 1.72. The van der Waals surface area contributed by atoms with Crippen LogP contribution in [0.3, 0.4) is 0 Å². The summed E-state index contributed by atoms with van der Waals surface area (Å²) in [6.45, 7) is 1.29. The van der Waals surface area contributed by atoms with Crippen LogP contribution in [0.4, 0.5) is 5.69 Å². The zero-order chi connectivity index (χ0) is 8.39. The molecule has 0 bridgehead atoms. The molecule has 1 saturated heterocycles. The predicted molar refractivity (Wildman–Crippen MR) is 43.9 cm³/mol. The van der Waals surface area contributed by atoms with E-state index in [0.29, 0.717) is 24.7 Å². The van der Waals surface area contributed by atoms with Gasteiger partial charge in [-0.1, -0.05) is 0 Å². The van der Waals surface area contributed by atoms with Crippen molar-refractivity contribution in [2.24, 2.45) is 0 Å². The Balaban J connectivity index is 2.06. The second-order valence-electron chi connectivity index (χ2n) is 2.69. The van der Waals surface area contributed by atoms with Crippen LogP contribution in [-0.2, 0) is 4.74 Å². The van der Waals surface area contributed by atoms with Crippen molar-refractivity contribution in [2.45, 2.75) is 6.10 Å². The number of nitrogen functional groups attached to an aromatic ring is 1. The van der Waals surface area contributed by atoms with Gasteiger partial charge in [-0.15, -0.1) is 0 Å². The predicted octanol–water partition coefficient (Wildman–Crippen LogP) is 0.441. The fraction of sp³-hybridized carbons (Fsp3) is 0.375. The summed E-state index contributed by atoms with van der Waals surface area (Å²) in [6.07, 6.45) is 3.41. The maximum atomic E-state index is 5.64. The number of aromatic nitrogens is 1. The highest BCUT2D eigenvalue weighted by Gasteiger charge is 2.20. The van der Waals surface area contributed by atoms with Crippen molar-refractivity contribution < 1.29 is 9.47 Å². The number of rotatable bonds is 2. The topological polar surface area (TPSA) is 57.4 Å². The normalized spacial score (nSPS) is 17.0. The average molecular weight is 166 g/mol. The van der Waals surface area contributed by atoms with Gasteiger partial charge in [-0.2, -0.15) is 0 Å². The molecule has 0 atom stereocenters. The third kappa shape index (κ3) is 1.33. The van der Waals surface area contributed by atoms with E-state index in [4.69, 9.17) is 15.2 Å². The van der Waals surface area contributed by atoms with Crippen LogP contribution in [0.25, 0.3) is 0 Å². The molecule has 1 aromatic rings. The monoisotopic (exact) mass is 166 g/mol. The summed E-state index contributed by atoms with van der Waals surface area (Å²) in [5.74, 6) is 0.644. The van der Waals surface area contributed by atoms with Crippen LogP contribution in [0.5, 0.6) is 5.75 Å². The average Bonchev–Trinajstić information content (AvgIpc) is 2.00. The maximum Gasteiger partial charge on any atom is 0.161 e. The minimum atomic E-state index is 0.150. The zero-order valence-electron chi connectivity index (χ0n) is 6.56. The zero-order valence-corrected chi connectivity index (χ0v) is 6.56. The summed E-state index contributed by atoms with van der Waals surface area (Å²) >= 11 is 0. The van der Waals surface area contributed by atoms with Gasteiger partial charge in [0.25, 0.3) is 0 Å². The largest absolute Gasteiger partial charge is 0.482 e. The molecule has 1 aliphatic heterocycles. The molecule has 2 heterocycles. The van der Waals surface area contributed by atoms with Gasteiger partial charge in [0.2, 0.25) is 0 Å². The molecule has 1 aromatic heterocycles. The first-order valence-corrected chi connectivity index (χ1v) is 3.80. The van der Waals surface area contributed by atoms with Gasteiger partial charge in [-0.05, 0) is 6.07 Å². The minimum absolute atomic E-state index is 0.150. The number of ether oxygens (including phenoxy) is 2. The SMILES string of the molecule is Nc1ccncc1OC1COC1. The van der Waals surface area contributed by atoms with Gasteiger partial charge in [0.05, 0.1) is 25.1 Å². The van der Waals surface area contributed by atoms with Crippen molar-refractivity contribution in [1.82, 2.24) is 4.98 Å². The molecule has 2 rings (SSSR count). The van der Waals surface area contributed by atoms with Crippen molar-refractivity contribution in [3.63, 3.8) is 0 Å². The first-order chi connectivity index (χ1) is 5.86. The van der Waals surface area contributed by atoms with E-state index in [2.05, 4.69) is 4.98 Å². The number of anilines is 1. The molecule has 0 radical (unpaired) electrons. The molecule has 0 aromatic carbocycles. The quantitative estimate of drug-likeness (QED) is 0.692. The lowest BCUT2D eigenvalue weighted by atomic mass is 10.3. The number of hydrogen-bond acceptors (Lipinski definition) is 4. The molecule has 0 spiro atoms. The van der Waals surface area contributed by atoms with Gasteiger partial charge >= 0.3 is 0 Å². The van der Waals surface area contributed by atoms with Gasteiger partial charge in [0.1, 0.15) is 6.10 Å².